The Labute approximate surface area is 107 Å². The van der Waals surface area contributed by atoms with Crippen molar-refractivity contribution in [2.75, 3.05) is 45.9 Å². The van der Waals surface area contributed by atoms with Crippen LogP contribution in [0, 0.1) is 5.92 Å². The van der Waals surface area contributed by atoms with Crippen LogP contribution < -0.4 is 10.6 Å². The van der Waals surface area contributed by atoms with E-state index in [2.05, 4.69) is 10.6 Å². The van der Waals surface area contributed by atoms with Gasteiger partial charge in [-0.2, -0.15) is 0 Å². The monoisotopic (exact) mass is 255 g/mol. The molecule has 0 bridgehead atoms. The molecule has 6 heteroatoms. The minimum atomic E-state index is -0.0884. The lowest BCUT2D eigenvalue weighted by Gasteiger charge is -2.28. The van der Waals surface area contributed by atoms with Crippen molar-refractivity contribution in [1.29, 1.82) is 0 Å². The molecular formula is C12H21N3O3. The molecule has 2 rings (SSSR count). The van der Waals surface area contributed by atoms with Gasteiger partial charge in [0.05, 0.1) is 19.1 Å². The fraction of sp³-hybridized carbons (Fsp3) is 0.833. The number of rotatable bonds is 3. The second kappa shape index (κ2) is 6.70. The van der Waals surface area contributed by atoms with E-state index >= 15 is 0 Å². The van der Waals surface area contributed by atoms with E-state index in [0.717, 1.165) is 45.6 Å². The average molecular weight is 255 g/mol. The van der Waals surface area contributed by atoms with Gasteiger partial charge in [0.1, 0.15) is 0 Å². The number of hydrogen-bond donors (Lipinski definition) is 2. The van der Waals surface area contributed by atoms with Crippen molar-refractivity contribution >= 4 is 11.8 Å². The van der Waals surface area contributed by atoms with Crippen molar-refractivity contribution in [2.24, 2.45) is 5.92 Å². The maximum atomic E-state index is 11.8. The highest BCUT2D eigenvalue weighted by atomic mass is 16.5. The number of carbonyl (C=O) groups excluding carboxylic acids is 2. The Morgan fingerprint density at radius 2 is 2.11 bits per heavy atom. The molecule has 2 heterocycles. The summed E-state index contributed by atoms with van der Waals surface area (Å²) in [7, 11) is 0. The van der Waals surface area contributed by atoms with Crippen LogP contribution >= 0.6 is 0 Å². The van der Waals surface area contributed by atoms with Crippen molar-refractivity contribution in [1.82, 2.24) is 15.5 Å². The standard InChI is InChI=1S/C12H21N3O3/c16-11(15-5-3-13-4-6-15)8-14-12(17)10-2-1-7-18-9-10/h10,13H,1-9H2,(H,14,17). The van der Waals surface area contributed by atoms with Crippen molar-refractivity contribution in [2.45, 2.75) is 12.8 Å². The fourth-order valence-electron chi connectivity index (χ4n) is 2.28. The maximum absolute atomic E-state index is 11.8. The third kappa shape index (κ3) is 3.68. The number of amides is 2. The van der Waals surface area contributed by atoms with E-state index in [1.54, 1.807) is 4.90 Å². The summed E-state index contributed by atoms with van der Waals surface area (Å²) in [6, 6.07) is 0. The molecule has 6 nitrogen and oxygen atoms in total. The highest BCUT2D eigenvalue weighted by Gasteiger charge is 2.23. The van der Waals surface area contributed by atoms with E-state index < -0.39 is 0 Å². The third-order valence-corrected chi connectivity index (χ3v) is 3.41. The lowest BCUT2D eigenvalue weighted by atomic mass is 10.0. The van der Waals surface area contributed by atoms with Crippen molar-refractivity contribution in [3.63, 3.8) is 0 Å². The molecule has 2 N–H and O–H groups in total. The number of carbonyl (C=O) groups is 2. The van der Waals surface area contributed by atoms with Crippen LogP contribution in [0.25, 0.3) is 0 Å². The van der Waals surface area contributed by atoms with Gasteiger partial charge in [0.2, 0.25) is 11.8 Å². The lowest BCUT2D eigenvalue weighted by Crippen LogP contribution is -2.50. The molecule has 0 aromatic rings. The smallest absolute Gasteiger partial charge is 0.242 e. The zero-order valence-electron chi connectivity index (χ0n) is 10.6. The van der Waals surface area contributed by atoms with E-state index in [-0.39, 0.29) is 24.3 Å². The summed E-state index contributed by atoms with van der Waals surface area (Å²) >= 11 is 0. The zero-order valence-corrected chi connectivity index (χ0v) is 10.6. The molecule has 0 radical (unpaired) electrons. The summed E-state index contributed by atoms with van der Waals surface area (Å²) in [5.41, 5.74) is 0. The lowest BCUT2D eigenvalue weighted by molar-refractivity contribution is -0.135. The summed E-state index contributed by atoms with van der Waals surface area (Å²) in [5.74, 6) is -0.144. The minimum Gasteiger partial charge on any atom is -0.381 e. The summed E-state index contributed by atoms with van der Waals surface area (Å²) in [6.45, 7) is 4.43. The van der Waals surface area contributed by atoms with Crippen LogP contribution in [0.4, 0.5) is 0 Å². The average Bonchev–Trinajstić information content (AvgIpc) is 2.46. The summed E-state index contributed by atoms with van der Waals surface area (Å²) in [5, 5.41) is 5.91. The molecule has 2 aliphatic rings. The quantitative estimate of drug-likeness (QED) is 0.676. The van der Waals surface area contributed by atoms with Gasteiger partial charge in [-0.05, 0) is 12.8 Å². The van der Waals surface area contributed by atoms with Gasteiger partial charge in [0, 0.05) is 32.8 Å². The second-order valence-electron chi connectivity index (χ2n) is 4.76. The molecule has 2 saturated heterocycles. The highest BCUT2D eigenvalue weighted by molar-refractivity contribution is 5.86. The molecule has 2 aliphatic heterocycles. The van der Waals surface area contributed by atoms with Crippen molar-refractivity contribution in [3.8, 4) is 0 Å². The first-order chi connectivity index (χ1) is 8.77. The Kier molecular flexibility index (Phi) is 4.95. The Hall–Kier alpha value is -1.14. The first-order valence-corrected chi connectivity index (χ1v) is 6.61. The van der Waals surface area contributed by atoms with Gasteiger partial charge in [-0.25, -0.2) is 0 Å². The summed E-state index contributed by atoms with van der Waals surface area (Å²) < 4.78 is 5.26. The maximum Gasteiger partial charge on any atom is 0.242 e. The van der Waals surface area contributed by atoms with Crippen LogP contribution in [-0.4, -0.2) is 62.7 Å². The van der Waals surface area contributed by atoms with E-state index in [0.29, 0.717) is 6.61 Å². The van der Waals surface area contributed by atoms with Crippen LogP contribution in [0.1, 0.15) is 12.8 Å². The number of nitrogens with one attached hydrogen (secondary N) is 2. The second-order valence-corrected chi connectivity index (χ2v) is 4.76. The summed E-state index contributed by atoms with van der Waals surface area (Å²) in [4.78, 5) is 25.4. The van der Waals surface area contributed by atoms with Crippen molar-refractivity contribution < 1.29 is 14.3 Å². The topological polar surface area (TPSA) is 70.7 Å². The molecule has 1 atom stereocenters. The van der Waals surface area contributed by atoms with Crippen molar-refractivity contribution in [3.05, 3.63) is 0 Å². The molecule has 2 amide bonds. The summed E-state index contributed by atoms with van der Waals surface area (Å²) in [6.07, 6.45) is 1.78. The van der Waals surface area contributed by atoms with Gasteiger partial charge in [-0.3, -0.25) is 9.59 Å². The normalized spacial score (nSPS) is 24.7. The molecule has 0 aliphatic carbocycles. The number of nitrogens with zero attached hydrogens (tertiary/aromatic N) is 1. The predicted octanol–water partition coefficient (Wildman–Crippen LogP) is -1.04. The molecule has 0 aromatic heterocycles. The number of hydrogen-bond acceptors (Lipinski definition) is 4. The van der Waals surface area contributed by atoms with Crippen LogP contribution in [-0.2, 0) is 14.3 Å². The predicted molar refractivity (Wildman–Crippen MR) is 66.0 cm³/mol. The first-order valence-electron chi connectivity index (χ1n) is 6.61. The van der Waals surface area contributed by atoms with E-state index in [4.69, 9.17) is 4.74 Å². The third-order valence-electron chi connectivity index (χ3n) is 3.41. The molecular weight excluding hydrogens is 234 g/mol. The van der Waals surface area contributed by atoms with Gasteiger partial charge >= 0.3 is 0 Å². The Bertz CT molecular complexity index is 267. The molecule has 0 aromatic carbocycles. The molecule has 102 valence electrons. The molecule has 18 heavy (non-hydrogen) atoms. The van der Waals surface area contributed by atoms with E-state index in [1.165, 1.54) is 0 Å². The van der Waals surface area contributed by atoms with Crippen LogP contribution in [0.2, 0.25) is 0 Å². The number of piperazine rings is 1. The first kappa shape index (κ1) is 13.3. The minimum absolute atomic E-state index is 0.00146. The van der Waals surface area contributed by atoms with Gasteiger partial charge in [-0.15, -0.1) is 0 Å². The van der Waals surface area contributed by atoms with Gasteiger partial charge in [0.25, 0.3) is 0 Å². The Balaban J connectivity index is 1.69. The van der Waals surface area contributed by atoms with Gasteiger partial charge < -0.3 is 20.3 Å². The highest BCUT2D eigenvalue weighted by Crippen LogP contribution is 2.13. The largest absolute Gasteiger partial charge is 0.381 e. The Morgan fingerprint density at radius 1 is 1.33 bits per heavy atom. The molecule has 1 unspecified atom stereocenters. The molecule has 0 spiro atoms. The fourth-order valence-corrected chi connectivity index (χ4v) is 2.28. The Morgan fingerprint density at radius 3 is 2.78 bits per heavy atom. The zero-order chi connectivity index (χ0) is 12.8. The van der Waals surface area contributed by atoms with Crippen LogP contribution in [0.15, 0.2) is 0 Å². The number of ether oxygens (including phenoxy) is 1. The SMILES string of the molecule is O=C(NCC(=O)N1CCNCC1)C1CCCOC1. The van der Waals surface area contributed by atoms with Crippen LogP contribution in [0.5, 0.6) is 0 Å². The van der Waals surface area contributed by atoms with E-state index in [1.807, 2.05) is 0 Å². The van der Waals surface area contributed by atoms with Crippen LogP contribution in [0.3, 0.4) is 0 Å². The molecule has 0 saturated carbocycles. The van der Waals surface area contributed by atoms with Gasteiger partial charge in [-0.1, -0.05) is 0 Å². The van der Waals surface area contributed by atoms with E-state index in [9.17, 15) is 9.59 Å². The van der Waals surface area contributed by atoms with Gasteiger partial charge in [0.15, 0.2) is 0 Å². The molecule has 2 fully saturated rings.